The van der Waals surface area contributed by atoms with Gasteiger partial charge in [0.05, 0.1) is 13.2 Å². The Bertz CT molecular complexity index is 514. The molecule has 0 amide bonds. The summed E-state index contributed by atoms with van der Waals surface area (Å²) < 4.78 is 5.45. The van der Waals surface area contributed by atoms with Crippen molar-refractivity contribution in [3.05, 3.63) is 36.0 Å². The van der Waals surface area contributed by atoms with Gasteiger partial charge in [-0.25, -0.2) is 0 Å². The summed E-state index contributed by atoms with van der Waals surface area (Å²) >= 11 is 0. The lowest BCUT2D eigenvalue weighted by molar-refractivity contribution is -0.0641. The molecule has 1 aromatic carbocycles. The van der Waals surface area contributed by atoms with Gasteiger partial charge in [-0.3, -0.25) is 0 Å². The minimum absolute atomic E-state index is 0.193. The molecule has 0 aliphatic carbocycles. The van der Waals surface area contributed by atoms with Crippen molar-refractivity contribution in [3.8, 4) is 0 Å². The zero-order valence-electron chi connectivity index (χ0n) is 9.91. The smallest absolute Gasteiger partial charge is 0.0586 e. The van der Waals surface area contributed by atoms with Crippen molar-refractivity contribution in [2.45, 2.75) is 18.3 Å². The number of aromatic amines is 1. The zero-order valence-corrected chi connectivity index (χ0v) is 9.91. The molecule has 2 aromatic rings. The summed E-state index contributed by atoms with van der Waals surface area (Å²) in [4.78, 5) is 3.35. The van der Waals surface area contributed by atoms with Crippen LogP contribution in [0.15, 0.2) is 30.5 Å². The lowest BCUT2D eigenvalue weighted by Crippen LogP contribution is -2.46. The SMILES string of the molecule is NCCCC1(c2c[nH]c3ccccc23)COC1. The lowest BCUT2D eigenvalue weighted by Gasteiger charge is -2.41. The first-order chi connectivity index (χ1) is 8.36. The molecular weight excluding hydrogens is 212 g/mol. The van der Waals surface area contributed by atoms with Gasteiger partial charge in [0.15, 0.2) is 0 Å². The highest BCUT2D eigenvalue weighted by molar-refractivity contribution is 5.84. The fraction of sp³-hybridized carbons (Fsp3) is 0.429. The summed E-state index contributed by atoms with van der Waals surface area (Å²) in [5.74, 6) is 0. The van der Waals surface area contributed by atoms with Crippen LogP contribution in [0.4, 0.5) is 0 Å². The van der Waals surface area contributed by atoms with E-state index in [0.29, 0.717) is 0 Å². The third-order valence-corrected chi connectivity index (χ3v) is 3.78. The average molecular weight is 230 g/mol. The monoisotopic (exact) mass is 230 g/mol. The molecule has 2 heterocycles. The van der Waals surface area contributed by atoms with E-state index in [1.54, 1.807) is 0 Å². The molecule has 1 aromatic heterocycles. The lowest BCUT2D eigenvalue weighted by atomic mass is 9.75. The van der Waals surface area contributed by atoms with Crippen LogP contribution >= 0.6 is 0 Å². The Balaban J connectivity index is 2.01. The quantitative estimate of drug-likeness (QED) is 0.845. The van der Waals surface area contributed by atoms with Crippen LogP contribution < -0.4 is 5.73 Å². The van der Waals surface area contributed by atoms with Crippen LogP contribution in [0.2, 0.25) is 0 Å². The maximum atomic E-state index is 5.63. The van der Waals surface area contributed by atoms with Crippen molar-refractivity contribution in [2.24, 2.45) is 5.73 Å². The minimum atomic E-state index is 0.193. The standard InChI is InChI=1S/C14H18N2O/c15-7-3-6-14(9-17-10-14)12-8-16-13-5-2-1-4-11(12)13/h1-2,4-5,8,16H,3,6-7,9-10,15H2. The zero-order chi connectivity index (χ0) is 11.7. The van der Waals surface area contributed by atoms with Crippen LogP contribution in [-0.4, -0.2) is 24.7 Å². The number of hydrogen-bond acceptors (Lipinski definition) is 2. The molecule has 3 N–H and O–H groups in total. The van der Waals surface area contributed by atoms with Crippen molar-refractivity contribution >= 4 is 10.9 Å². The maximum Gasteiger partial charge on any atom is 0.0586 e. The van der Waals surface area contributed by atoms with E-state index in [2.05, 4.69) is 35.4 Å². The van der Waals surface area contributed by atoms with Crippen LogP contribution in [0, 0.1) is 0 Å². The van der Waals surface area contributed by atoms with E-state index in [4.69, 9.17) is 10.5 Å². The number of ether oxygens (including phenoxy) is 1. The van der Waals surface area contributed by atoms with E-state index in [1.165, 1.54) is 16.5 Å². The largest absolute Gasteiger partial charge is 0.379 e. The Labute approximate surface area is 101 Å². The molecule has 90 valence electrons. The number of nitrogens with one attached hydrogen (secondary N) is 1. The fourth-order valence-corrected chi connectivity index (χ4v) is 2.73. The van der Waals surface area contributed by atoms with Crippen LogP contribution in [0.25, 0.3) is 10.9 Å². The topological polar surface area (TPSA) is 51.0 Å². The van der Waals surface area contributed by atoms with E-state index in [0.717, 1.165) is 32.6 Å². The summed E-state index contributed by atoms with van der Waals surface area (Å²) in [6, 6.07) is 8.46. The number of nitrogens with two attached hydrogens (primary N) is 1. The van der Waals surface area contributed by atoms with Crippen molar-refractivity contribution in [2.75, 3.05) is 19.8 Å². The van der Waals surface area contributed by atoms with E-state index in [-0.39, 0.29) is 5.41 Å². The van der Waals surface area contributed by atoms with Crippen molar-refractivity contribution in [3.63, 3.8) is 0 Å². The van der Waals surface area contributed by atoms with Gasteiger partial charge in [0.25, 0.3) is 0 Å². The molecule has 0 unspecified atom stereocenters. The van der Waals surface area contributed by atoms with Crippen LogP contribution in [0.1, 0.15) is 18.4 Å². The highest BCUT2D eigenvalue weighted by Gasteiger charge is 2.41. The Morgan fingerprint density at radius 1 is 1.29 bits per heavy atom. The average Bonchev–Trinajstić information content (AvgIpc) is 2.73. The second kappa shape index (κ2) is 4.17. The Morgan fingerprint density at radius 3 is 2.82 bits per heavy atom. The molecule has 1 aliphatic heterocycles. The minimum Gasteiger partial charge on any atom is -0.379 e. The van der Waals surface area contributed by atoms with Crippen LogP contribution in [0.5, 0.6) is 0 Å². The number of benzene rings is 1. The van der Waals surface area contributed by atoms with Crippen LogP contribution in [0.3, 0.4) is 0 Å². The number of fused-ring (bicyclic) bond motifs is 1. The molecule has 0 bridgehead atoms. The predicted molar refractivity (Wildman–Crippen MR) is 69.1 cm³/mol. The molecule has 0 radical (unpaired) electrons. The summed E-state index contributed by atoms with van der Waals surface area (Å²) in [6.07, 6.45) is 4.32. The molecule has 3 heteroatoms. The molecule has 3 rings (SSSR count). The number of rotatable bonds is 4. The van der Waals surface area contributed by atoms with Gasteiger partial charge in [0.2, 0.25) is 0 Å². The highest BCUT2D eigenvalue weighted by atomic mass is 16.5. The molecular formula is C14H18N2O. The summed E-state index contributed by atoms with van der Waals surface area (Å²) in [5.41, 5.74) is 8.43. The van der Waals surface area contributed by atoms with Crippen molar-refractivity contribution < 1.29 is 4.74 Å². The summed E-state index contributed by atoms with van der Waals surface area (Å²) in [6.45, 7) is 2.41. The van der Waals surface area contributed by atoms with Crippen molar-refractivity contribution in [1.82, 2.24) is 4.98 Å². The normalized spacial score (nSPS) is 18.2. The van der Waals surface area contributed by atoms with Gasteiger partial charge in [-0.05, 0) is 31.0 Å². The number of aromatic nitrogens is 1. The fourth-order valence-electron chi connectivity index (χ4n) is 2.73. The number of hydrogen-bond donors (Lipinski definition) is 2. The second-order valence-corrected chi connectivity index (χ2v) is 4.91. The second-order valence-electron chi connectivity index (χ2n) is 4.91. The van der Waals surface area contributed by atoms with Crippen LogP contribution in [-0.2, 0) is 10.2 Å². The van der Waals surface area contributed by atoms with Gasteiger partial charge >= 0.3 is 0 Å². The molecule has 17 heavy (non-hydrogen) atoms. The van der Waals surface area contributed by atoms with E-state index in [1.807, 2.05) is 0 Å². The van der Waals surface area contributed by atoms with Gasteiger partial charge in [-0.15, -0.1) is 0 Å². The molecule has 0 saturated carbocycles. The molecule has 1 saturated heterocycles. The van der Waals surface area contributed by atoms with Crippen molar-refractivity contribution in [1.29, 1.82) is 0 Å². The van der Waals surface area contributed by atoms with E-state index in [9.17, 15) is 0 Å². The number of para-hydroxylation sites is 1. The first-order valence-corrected chi connectivity index (χ1v) is 6.20. The Kier molecular flexibility index (Phi) is 2.65. The van der Waals surface area contributed by atoms with Gasteiger partial charge in [0.1, 0.15) is 0 Å². The van der Waals surface area contributed by atoms with Gasteiger partial charge in [-0.2, -0.15) is 0 Å². The summed E-state index contributed by atoms with van der Waals surface area (Å²) in [5, 5.41) is 1.33. The molecule has 0 spiro atoms. The third-order valence-electron chi connectivity index (χ3n) is 3.78. The number of H-pyrrole nitrogens is 1. The highest BCUT2D eigenvalue weighted by Crippen LogP contribution is 2.40. The summed E-state index contributed by atoms with van der Waals surface area (Å²) in [7, 11) is 0. The first-order valence-electron chi connectivity index (χ1n) is 6.20. The van der Waals surface area contributed by atoms with Gasteiger partial charge in [-0.1, -0.05) is 18.2 Å². The Morgan fingerprint density at radius 2 is 2.12 bits per heavy atom. The van der Waals surface area contributed by atoms with E-state index >= 15 is 0 Å². The Hall–Kier alpha value is -1.32. The predicted octanol–water partition coefficient (Wildman–Crippen LogP) is 2.17. The first kappa shape index (κ1) is 10.8. The van der Waals surface area contributed by atoms with Gasteiger partial charge < -0.3 is 15.5 Å². The molecule has 1 aliphatic rings. The molecule has 0 atom stereocenters. The molecule has 1 fully saturated rings. The van der Waals surface area contributed by atoms with Gasteiger partial charge in [0, 0.05) is 22.5 Å². The van der Waals surface area contributed by atoms with E-state index < -0.39 is 0 Å². The molecule has 3 nitrogen and oxygen atoms in total. The maximum absolute atomic E-state index is 5.63. The third kappa shape index (κ3) is 1.66.